The Kier molecular flexibility index (Phi) is 7.52. The first-order valence-electron chi connectivity index (χ1n) is 12.6. The van der Waals surface area contributed by atoms with Crippen LogP contribution in [0, 0.1) is 5.82 Å². The average Bonchev–Trinajstić information content (AvgIpc) is 2.89. The average molecular weight is 554 g/mol. The van der Waals surface area contributed by atoms with Gasteiger partial charge < -0.3 is 11.1 Å². The number of hydrogen-bond acceptors (Lipinski definition) is 6. The predicted molar refractivity (Wildman–Crippen MR) is 150 cm³/mol. The second kappa shape index (κ2) is 10.8. The summed E-state index contributed by atoms with van der Waals surface area (Å²) in [5.74, 6) is -0.113. The second-order valence-corrected chi connectivity index (χ2v) is 11.7. The molecular weight excluding hydrogens is 525 g/mol. The van der Waals surface area contributed by atoms with Crippen LogP contribution in [0.1, 0.15) is 38.2 Å². The van der Waals surface area contributed by atoms with Crippen molar-refractivity contribution in [3.05, 3.63) is 77.2 Å². The van der Waals surface area contributed by atoms with E-state index in [9.17, 15) is 8.42 Å². The van der Waals surface area contributed by atoms with Crippen molar-refractivity contribution >= 4 is 44.2 Å². The maximum absolute atomic E-state index is 15.1. The number of benzene rings is 3. The quantitative estimate of drug-likeness (QED) is 0.254. The van der Waals surface area contributed by atoms with E-state index in [2.05, 4.69) is 15.0 Å². The molecule has 10 heteroatoms. The molecule has 3 aromatic carbocycles. The lowest BCUT2D eigenvalue weighted by molar-refractivity contribution is 0.408. The second-order valence-electron chi connectivity index (χ2n) is 9.62. The summed E-state index contributed by atoms with van der Waals surface area (Å²) in [4.78, 5) is 9.18. The summed E-state index contributed by atoms with van der Waals surface area (Å²) in [6, 6.07) is 14.8. The van der Waals surface area contributed by atoms with Gasteiger partial charge in [0.25, 0.3) is 10.0 Å². The van der Waals surface area contributed by atoms with Gasteiger partial charge in [-0.2, -0.15) is 0 Å². The SMILES string of the molecule is CCc1cc(-c2ccc(NS(=O)(=O)c3ccccc3Cl)c(F)c2)cc2cnc(N[C@@H]3CCC[C@@H](N)C3)nc12. The molecule has 0 aliphatic heterocycles. The van der Waals surface area contributed by atoms with E-state index in [0.29, 0.717) is 11.5 Å². The van der Waals surface area contributed by atoms with Gasteiger partial charge in [-0.3, -0.25) is 4.72 Å². The van der Waals surface area contributed by atoms with Gasteiger partial charge in [0.15, 0.2) is 0 Å². The summed E-state index contributed by atoms with van der Waals surface area (Å²) in [6.07, 6.45) is 6.59. The van der Waals surface area contributed by atoms with Gasteiger partial charge in [0, 0.05) is 23.7 Å². The highest BCUT2D eigenvalue weighted by molar-refractivity contribution is 7.92. The van der Waals surface area contributed by atoms with Crippen molar-refractivity contribution < 1.29 is 12.8 Å². The van der Waals surface area contributed by atoms with Crippen molar-refractivity contribution in [1.29, 1.82) is 0 Å². The van der Waals surface area contributed by atoms with Crippen LogP contribution in [0.3, 0.4) is 0 Å². The highest BCUT2D eigenvalue weighted by Crippen LogP contribution is 2.31. The molecule has 1 saturated carbocycles. The van der Waals surface area contributed by atoms with Gasteiger partial charge in [-0.1, -0.05) is 36.7 Å². The number of anilines is 2. The van der Waals surface area contributed by atoms with Crippen LogP contribution in [-0.4, -0.2) is 30.5 Å². The van der Waals surface area contributed by atoms with Crippen LogP contribution in [-0.2, 0) is 16.4 Å². The van der Waals surface area contributed by atoms with Gasteiger partial charge >= 0.3 is 0 Å². The molecule has 0 amide bonds. The van der Waals surface area contributed by atoms with Crippen molar-refractivity contribution in [1.82, 2.24) is 9.97 Å². The van der Waals surface area contributed by atoms with Crippen molar-refractivity contribution in [2.75, 3.05) is 10.0 Å². The van der Waals surface area contributed by atoms with Gasteiger partial charge in [-0.05, 0) is 85.2 Å². The summed E-state index contributed by atoms with van der Waals surface area (Å²) < 4.78 is 42.9. The van der Waals surface area contributed by atoms with Crippen LogP contribution < -0.4 is 15.8 Å². The number of aryl methyl sites for hydroxylation is 1. The van der Waals surface area contributed by atoms with Crippen molar-refractivity contribution in [2.45, 2.75) is 56.0 Å². The molecule has 0 saturated heterocycles. The van der Waals surface area contributed by atoms with Crippen LogP contribution in [0.25, 0.3) is 22.0 Å². The number of fused-ring (bicyclic) bond motifs is 1. The normalized spacial score (nSPS) is 17.9. The largest absolute Gasteiger partial charge is 0.351 e. The summed E-state index contributed by atoms with van der Waals surface area (Å²) in [6.45, 7) is 2.04. The highest BCUT2D eigenvalue weighted by Gasteiger charge is 2.21. The molecule has 4 aromatic rings. The Morgan fingerprint density at radius 2 is 1.92 bits per heavy atom. The fourth-order valence-electron chi connectivity index (χ4n) is 4.91. The van der Waals surface area contributed by atoms with E-state index < -0.39 is 15.8 Å². The van der Waals surface area contributed by atoms with E-state index in [1.807, 2.05) is 19.1 Å². The van der Waals surface area contributed by atoms with Gasteiger partial charge in [0.2, 0.25) is 5.95 Å². The molecule has 0 bridgehead atoms. The lowest BCUT2D eigenvalue weighted by Gasteiger charge is -2.27. The molecule has 1 heterocycles. The van der Waals surface area contributed by atoms with Crippen LogP contribution >= 0.6 is 11.6 Å². The van der Waals surface area contributed by atoms with E-state index >= 15 is 4.39 Å². The van der Waals surface area contributed by atoms with Gasteiger partial charge in [0.05, 0.1) is 16.2 Å². The first-order valence-corrected chi connectivity index (χ1v) is 14.5. The number of aromatic nitrogens is 2. The molecule has 1 aliphatic carbocycles. The molecule has 198 valence electrons. The van der Waals surface area contributed by atoms with Gasteiger partial charge in [-0.25, -0.2) is 22.8 Å². The number of hydrogen-bond donors (Lipinski definition) is 3. The monoisotopic (exact) mass is 553 g/mol. The van der Waals surface area contributed by atoms with E-state index in [-0.39, 0.29) is 27.7 Å². The first kappa shape index (κ1) is 26.3. The van der Waals surface area contributed by atoms with Crippen LogP contribution in [0.2, 0.25) is 5.02 Å². The highest BCUT2D eigenvalue weighted by atomic mass is 35.5. The van der Waals surface area contributed by atoms with Gasteiger partial charge in [-0.15, -0.1) is 0 Å². The lowest BCUT2D eigenvalue weighted by atomic mass is 9.92. The van der Waals surface area contributed by atoms with Crippen molar-refractivity contribution in [3.8, 4) is 11.1 Å². The number of halogens is 2. The van der Waals surface area contributed by atoms with E-state index in [1.165, 1.54) is 24.3 Å². The molecule has 1 aromatic heterocycles. The topological polar surface area (TPSA) is 110 Å². The number of nitrogens with two attached hydrogens (primary N) is 1. The Morgan fingerprint density at radius 1 is 1.11 bits per heavy atom. The lowest BCUT2D eigenvalue weighted by Crippen LogP contribution is -2.35. The van der Waals surface area contributed by atoms with Crippen LogP contribution in [0.15, 0.2) is 65.7 Å². The number of nitrogens with one attached hydrogen (secondary N) is 2. The zero-order valence-electron chi connectivity index (χ0n) is 20.9. The smallest absolute Gasteiger partial charge is 0.263 e. The summed E-state index contributed by atoms with van der Waals surface area (Å²) >= 11 is 6.03. The minimum Gasteiger partial charge on any atom is -0.351 e. The molecule has 5 rings (SSSR count). The van der Waals surface area contributed by atoms with Crippen LogP contribution in [0.5, 0.6) is 0 Å². The Hall–Kier alpha value is -3.27. The van der Waals surface area contributed by atoms with Crippen molar-refractivity contribution in [2.24, 2.45) is 5.73 Å². The molecule has 0 spiro atoms. The Bertz CT molecular complexity index is 1600. The molecule has 1 aliphatic rings. The zero-order chi connectivity index (χ0) is 26.9. The fourth-order valence-corrected chi connectivity index (χ4v) is 6.49. The molecule has 0 unspecified atom stereocenters. The maximum Gasteiger partial charge on any atom is 0.263 e. The van der Waals surface area contributed by atoms with Crippen molar-refractivity contribution in [3.63, 3.8) is 0 Å². The van der Waals surface area contributed by atoms with E-state index in [4.69, 9.17) is 22.3 Å². The third-order valence-electron chi connectivity index (χ3n) is 6.86. The third-order valence-corrected chi connectivity index (χ3v) is 8.73. The fraction of sp³-hybridized carbons (Fsp3) is 0.286. The minimum absolute atomic E-state index is 0.0585. The number of rotatable bonds is 7. The summed E-state index contributed by atoms with van der Waals surface area (Å²) in [7, 11) is -4.05. The standard InChI is InChI=1S/C28H29ClFN5O2S/c1-2-17-12-19(13-20-16-32-28(34-27(17)20)33-22-7-5-6-21(31)15-22)18-10-11-25(24(30)14-18)35-38(36,37)26-9-4-3-8-23(26)29/h3-4,8-14,16,21-22,35H,2,5-7,15,31H2,1H3,(H,32,33,34)/t21-,22-/m1/s1. The molecular formula is C28H29ClFN5O2S. The molecule has 38 heavy (non-hydrogen) atoms. The van der Waals surface area contributed by atoms with Gasteiger partial charge in [0.1, 0.15) is 10.7 Å². The zero-order valence-corrected chi connectivity index (χ0v) is 22.5. The Labute approximate surface area is 226 Å². The minimum atomic E-state index is -4.05. The third kappa shape index (κ3) is 5.60. The van der Waals surface area contributed by atoms with E-state index in [1.54, 1.807) is 24.4 Å². The molecule has 2 atom stereocenters. The Morgan fingerprint density at radius 3 is 2.66 bits per heavy atom. The molecule has 7 nitrogen and oxygen atoms in total. The summed E-state index contributed by atoms with van der Waals surface area (Å²) in [5, 5.41) is 4.33. The summed E-state index contributed by atoms with van der Waals surface area (Å²) in [5.41, 5.74) is 9.21. The molecule has 4 N–H and O–H groups in total. The number of sulfonamides is 1. The molecule has 1 fully saturated rings. The maximum atomic E-state index is 15.1. The van der Waals surface area contributed by atoms with E-state index in [0.717, 1.165) is 54.1 Å². The Balaban J connectivity index is 1.42. The number of nitrogens with zero attached hydrogens (tertiary/aromatic N) is 2. The molecule has 0 radical (unpaired) electrons. The first-order chi connectivity index (χ1) is 18.2. The predicted octanol–water partition coefficient (Wildman–Crippen LogP) is 6.13. The van der Waals surface area contributed by atoms with Crippen LogP contribution in [0.4, 0.5) is 16.0 Å².